The van der Waals surface area contributed by atoms with Crippen LogP contribution >= 0.6 is 0 Å². The predicted molar refractivity (Wildman–Crippen MR) is 71.5 cm³/mol. The van der Waals surface area contributed by atoms with Crippen LogP contribution in [0.3, 0.4) is 0 Å². The molecule has 0 saturated heterocycles. The van der Waals surface area contributed by atoms with Crippen molar-refractivity contribution in [1.82, 2.24) is 4.98 Å². The Morgan fingerprint density at radius 1 is 1.33 bits per heavy atom. The number of fused-ring (bicyclic) bond motifs is 1. The maximum atomic E-state index is 13.5. The molecule has 1 aromatic heterocycles. The van der Waals surface area contributed by atoms with Crippen molar-refractivity contribution < 1.29 is 9.13 Å². The van der Waals surface area contributed by atoms with Crippen LogP contribution < -0.4 is 10.5 Å². The number of methoxy groups -OCH3 is 1. The Bertz CT molecular complexity index is 609. The van der Waals surface area contributed by atoms with Crippen LogP contribution in [0, 0.1) is 12.7 Å². The van der Waals surface area contributed by atoms with Crippen molar-refractivity contribution in [1.29, 1.82) is 0 Å². The fourth-order valence-corrected chi connectivity index (χ4v) is 2.35. The molecular weight excluding hydrogens is 231 g/mol. The Hall–Kier alpha value is -1.84. The number of hydrogen-bond donors (Lipinski definition) is 1. The molecule has 4 heteroatoms. The summed E-state index contributed by atoms with van der Waals surface area (Å²) in [5.74, 6) is 0.290. The maximum Gasteiger partial charge on any atom is 0.148 e. The summed E-state index contributed by atoms with van der Waals surface area (Å²) >= 11 is 0. The lowest BCUT2D eigenvalue weighted by Crippen LogP contribution is -2.04. The van der Waals surface area contributed by atoms with E-state index in [1.807, 2.05) is 20.8 Å². The third-order valence-corrected chi connectivity index (χ3v) is 3.09. The van der Waals surface area contributed by atoms with Gasteiger partial charge in [-0.25, -0.2) is 9.37 Å². The topological polar surface area (TPSA) is 48.1 Å². The van der Waals surface area contributed by atoms with E-state index in [4.69, 9.17) is 10.5 Å². The third kappa shape index (κ3) is 1.88. The van der Waals surface area contributed by atoms with Gasteiger partial charge in [-0.3, -0.25) is 0 Å². The number of halogens is 1. The van der Waals surface area contributed by atoms with E-state index in [0.29, 0.717) is 22.3 Å². The summed E-state index contributed by atoms with van der Waals surface area (Å²) in [6.07, 6.45) is 0. The van der Waals surface area contributed by atoms with Gasteiger partial charge in [0.2, 0.25) is 0 Å². The molecule has 1 aromatic carbocycles. The maximum absolute atomic E-state index is 13.5. The lowest BCUT2D eigenvalue weighted by molar-refractivity contribution is 0.415. The van der Waals surface area contributed by atoms with Crippen LogP contribution in [0.25, 0.3) is 10.9 Å². The van der Waals surface area contributed by atoms with Crippen LogP contribution in [0.1, 0.15) is 31.0 Å². The number of anilines is 1. The summed E-state index contributed by atoms with van der Waals surface area (Å²) in [7, 11) is 1.50. The molecule has 2 aromatic rings. The van der Waals surface area contributed by atoms with Gasteiger partial charge in [-0.05, 0) is 24.5 Å². The van der Waals surface area contributed by atoms with Gasteiger partial charge in [0.1, 0.15) is 17.1 Å². The van der Waals surface area contributed by atoms with Crippen molar-refractivity contribution in [2.75, 3.05) is 12.8 Å². The van der Waals surface area contributed by atoms with Gasteiger partial charge in [0.05, 0.1) is 7.11 Å². The molecular formula is C14H17FN2O. The summed E-state index contributed by atoms with van der Waals surface area (Å²) in [6.45, 7) is 6.00. The van der Waals surface area contributed by atoms with E-state index in [2.05, 4.69) is 4.98 Å². The monoisotopic (exact) mass is 248 g/mol. The number of aromatic nitrogens is 1. The molecule has 2 N–H and O–H groups in total. The Labute approximate surface area is 106 Å². The van der Waals surface area contributed by atoms with Crippen molar-refractivity contribution in [3.63, 3.8) is 0 Å². The summed E-state index contributed by atoms with van der Waals surface area (Å²) in [5, 5.41) is 0.612. The van der Waals surface area contributed by atoms with Gasteiger partial charge in [-0.1, -0.05) is 13.8 Å². The molecule has 0 atom stereocenters. The second-order valence-corrected chi connectivity index (χ2v) is 4.68. The Kier molecular flexibility index (Phi) is 3.11. The molecule has 1 heterocycles. The molecule has 0 fully saturated rings. The van der Waals surface area contributed by atoms with Crippen LogP contribution in [0.5, 0.6) is 5.75 Å². The molecule has 3 nitrogen and oxygen atoms in total. The van der Waals surface area contributed by atoms with E-state index in [1.165, 1.54) is 19.2 Å². The second-order valence-electron chi connectivity index (χ2n) is 4.68. The van der Waals surface area contributed by atoms with Gasteiger partial charge < -0.3 is 10.5 Å². The number of rotatable bonds is 2. The summed E-state index contributed by atoms with van der Waals surface area (Å²) < 4.78 is 18.7. The number of benzene rings is 1. The zero-order valence-electron chi connectivity index (χ0n) is 11.0. The van der Waals surface area contributed by atoms with Crippen LogP contribution in [-0.4, -0.2) is 12.1 Å². The highest BCUT2D eigenvalue weighted by molar-refractivity contribution is 5.96. The molecule has 0 radical (unpaired) electrons. The number of pyridine rings is 1. The molecule has 0 bridgehead atoms. The van der Waals surface area contributed by atoms with Gasteiger partial charge in [0.25, 0.3) is 0 Å². The molecule has 96 valence electrons. The summed E-state index contributed by atoms with van der Waals surface area (Å²) in [6, 6.07) is 2.73. The molecule has 0 aliphatic rings. The molecule has 0 unspecified atom stereocenters. The van der Waals surface area contributed by atoms with Gasteiger partial charge in [-0.2, -0.15) is 0 Å². The molecule has 18 heavy (non-hydrogen) atoms. The van der Waals surface area contributed by atoms with Gasteiger partial charge >= 0.3 is 0 Å². The Balaban J connectivity index is 2.90. The van der Waals surface area contributed by atoms with Crippen molar-refractivity contribution in [3.8, 4) is 5.75 Å². The Morgan fingerprint density at radius 2 is 2.00 bits per heavy atom. The molecule has 0 aliphatic carbocycles. The van der Waals surface area contributed by atoms with Crippen LogP contribution in [-0.2, 0) is 0 Å². The quantitative estimate of drug-likeness (QED) is 0.886. The first-order valence-corrected chi connectivity index (χ1v) is 5.89. The van der Waals surface area contributed by atoms with E-state index in [-0.39, 0.29) is 11.7 Å². The van der Waals surface area contributed by atoms with Gasteiger partial charge in [0, 0.05) is 22.8 Å². The van der Waals surface area contributed by atoms with E-state index in [9.17, 15) is 4.39 Å². The third-order valence-electron chi connectivity index (χ3n) is 3.09. The van der Waals surface area contributed by atoms with E-state index >= 15 is 0 Å². The lowest BCUT2D eigenvalue weighted by Gasteiger charge is -2.16. The standard InChI is InChI=1S/C14H17FN2O/c1-7(2)12-8(3)17-14-10(13(12)16)5-9(15)6-11(14)18-4/h5-7H,1-4H3,(H2,16,17). The number of nitrogens with zero attached hydrogens (tertiary/aromatic N) is 1. The molecule has 2 rings (SSSR count). The molecule has 0 aliphatic heterocycles. The average Bonchev–Trinajstić information content (AvgIpc) is 2.29. The van der Waals surface area contributed by atoms with Crippen molar-refractivity contribution in [2.24, 2.45) is 0 Å². The Morgan fingerprint density at radius 3 is 2.56 bits per heavy atom. The fourth-order valence-electron chi connectivity index (χ4n) is 2.35. The number of ether oxygens (including phenoxy) is 1. The number of hydrogen-bond acceptors (Lipinski definition) is 3. The molecule has 0 spiro atoms. The van der Waals surface area contributed by atoms with E-state index in [1.54, 1.807) is 0 Å². The SMILES string of the molecule is COc1cc(F)cc2c(N)c(C(C)C)c(C)nc12. The number of aryl methyl sites for hydroxylation is 1. The minimum atomic E-state index is -0.369. The smallest absolute Gasteiger partial charge is 0.148 e. The highest BCUT2D eigenvalue weighted by Gasteiger charge is 2.16. The van der Waals surface area contributed by atoms with Crippen molar-refractivity contribution in [2.45, 2.75) is 26.7 Å². The van der Waals surface area contributed by atoms with Crippen LogP contribution in [0.15, 0.2) is 12.1 Å². The van der Waals surface area contributed by atoms with E-state index < -0.39 is 0 Å². The number of nitrogen functional groups attached to an aromatic ring is 1. The van der Waals surface area contributed by atoms with Gasteiger partial charge in [-0.15, -0.1) is 0 Å². The van der Waals surface area contributed by atoms with Crippen LogP contribution in [0.4, 0.5) is 10.1 Å². The zero-order chi connectivity index (χ0) is 13.4. The normalized spacial score (nSPS) is 11.2. The van der Waals surface area contributed by atoms with Crippen molar-refractivity contribution >= 4 is 16.6 Å². The minimum absolute atomic E-state index is 0.246. The predicted octanol–water partition coefficient (Wildman–Crippen LogP) is 3.40. The summed E-state index contributed by atoms with van der Waals surface area (Å²) in [4.78, 5) is 4.50. The zero-order valence-corrected chi connectivity index (χ0v) is 11.0. The molecule has 0 amide bonds. The average molecular weight is 248 g/mol. The first kappa shape index (κ1) is 12.6. The first-order chi connectivity index (χ1) is 8.45. The lowest BCUT2D eigenvalue weighted by atomic mass is 9.97. The highest BCUT2D eigenvalue weighted by Crippen LogP contribution is 2.35. The first-order valence-electron chi connectivity index (χ1n) is 5.89. The summed E-state index contributed by atoms with van der Waals surface area (Å²) in [5.41, 5.74) is 9.18. The largest absolute Gasteiger partial charge is 0.494 e. The minimum Gasteiger partial charge on any atom is -0.494 e. The molecule has 0 saturated carbocycles. The van der Waals surface area contributed by atoms with Crippen molar-refractivity contribution in [3.05, 3.63) is 29.2 Å². The number of nitrogens with two attached hydrogens (primary N) is 1. The van der Waals surface area contributed by atoms with E-state index in [0.717, 1.165) is 11.3 Å². The van der Waals surface area contributed by atoms with Gasteiger partial charge in [0.15, 0.2) is 0 Å². The van der Waals surface area contributed by atoms with Crippen LogP contribution in [0.2, 0.25) is 0 Å². The second kappa shape index (κ2) is 4.44. The highest BCUT2D eigenvalue weighted by atomic mass is 19.1. The fraction of sp³-hybridized carbons (Fsp3) is 0.357.